The second-order valence-electron chi connectivity index (χ2n) is 8.71. The van der Waals surface area contributed by atoms with Crippen LogP contribution in [0.5, 0.6) is 0 Å². The highest BCUT2D eigenvalue weighted by molar-refractivity contribution is 6.08. The maximum absolute atomic E-state index is 12.1. The van der Waals surface area contributed by atoms with E-state index in [1.165, 1.54) is 0 Å². The van der Waals surface area contributed by atoms with E-state index in [9.17, 15) is 9.90 Å². The lowest BCUT2D eigenvalue weighted by Crippen LogP contribution is -2.68. The summed E-state index contributed by atoms with van der Waals surface area (Å²) in [5.74, 6) is -0.193. The number of halogens is 1. The molecule has 2 aromatic carbocycles. The van der Waals surface area contributed by atoms with Crippen LogP contribution in [0.15, 0.2) is 52.9 Å². The zero-order valence-corrected chi connectivity index (χ0v) is 22.7. The predicted molar refractivity (Wildman–Crippen MR) is 135 cm³/mol. The lowest BCUT2D eigenvalue weighted by Gasteiger charge is -2.19. The summed E-state index contributed by atoms with van der Waals surface area (Å²) in [7, 11) is -4.94. The predicted octanol–water partition coefficient (Wildman–Crippen LogP) is 1.01. The van der Waals surface area contributed by atoms with Gasteiger partial charge in [-0.25, -0.2) is 28.0 Å². The van der Waals surface area contributed by atoms with Crippen LogP contribution in [0.2, 0.25) is 0 Å². The Morgan fingerprint density at radius 1 is 0.947 bits per heavy atom. The first-order valence-corrected chi connectivity index (χ1v) is 13.4. The van der Waals surface area contributed by atoms with Gasteiger partial charge in [0.2, 0.25) is 5.36 Å². The van der Waals surface area contributed by atoms with Gasteiger partial charge < -0.3 is 14.8 Å². The molecule has 202 valence electrons. The molecule has 0 fully saturated rings. The molecule has 1 heterocycles. The fraction of sp³-hybridized carbons (Fsp3) is 0.286. The number of hydrogen-bond acceptors (Lipinski definition) is 7. The number of nitrogens with zero attached hydrogens (tertiary/aromatic N) is 1. The quantitative estimate of drug-likeness (QED) is 0.270. The van der Waals surface area contributed by atoms with Crippen molar-refractivity contribution >= 4 is 22.6 Å². The van der Waals surface area contributed by atoms with Gasteiger partial charge >= 0.3 is 5.97 Å². The maximum atomic E-state index is 12.1. The van der Waals surface area contributed by atoms with Gasteiger partial charge in [-0.1, -0.05) is 18.2 Å². The number of hydrogen-bond donors (Lipinski definition) is 2. The Hall–Kier alpha value is -3.47. The molecule has 0 saturated heterocycles. The van der Waals surface area contributed by atoms with Crippen LogP contribution in [0, 0.1) is 24.1 Å². The van der Waals surface area contributed by atoms with Gasteiger partial charge in [-0.2, -0.15) is 0 Å². The van der Waals surface area contributed by atoms with Crippen LogP contribution in [0.25, 0.3) is 33.4 Å². The normalized spacial score (nSPS) is 11.3. The fourth-order valence-electron chi connectivity index (χ4n) is 4.65. The second kappa shape index (κ2) is 11.9. The van der Waals surface area contributed by atoms with E-state index < -0.39 is 16.2 Å². The largest absolute Gasteiger partial charge is 0.478 e. The molecule has 0 amide bonds. The lowest BCUT2D eigenvalue weighted by molar-refractivity contribution is -2.00. The zero-order chi connectivity index (χ0) is 28.2. The van der Waals surface area contributed by atoms with Gasteiger partial charge in [0.05, 0.1) is 11.6 Å². The highest BCUT2D eigenvalue weighted by Crippen LogP contribution is 2.42. The molecule has 9 nitrogen and oxygen atoms in total. The Balaban J connectivity index is 0.000000732. The van der Waals surface area contributed by atoms with Gasteiger partial charge in [-0.05, 0) is 63.9 Å². The minimum absolute atomic E-state index is 0.283. The molecule has 38 heavy (non-hydrogen) atoms. The first kappa shape index (κ1) is 29.1. The van der Waals surface area contributed by atoms with Crippen LogP contribution in [-0.4, -0.2) is 30.7 Å². The number of carboxylic acid groups (broad SMARTS) is 1. The molecule has 2 aromatic rings. The Morgan fingerprint density at radius 2 is 1.58 bits per heavy atom. The van der Waals surface area contributed by atoms with E-state index in [0.29, 0.717) is 5.56 Å². The van der Waals surface area contributed by atoms with Crippen molar-refractivity contribution < 1.29 is 43.2 Å². The van der Waals surface area contributed by atoms with Gasteiger partial charge in [-0.3, -0.25) is 0 Å². The van der Waals surface area contributed by atoms with Crippen LogP contribution in [-0.2, 0) is 0 Å². The van der Waals surface area contributed by atoms with E-state index in [-0.39, 0.29) is 5.56 Å². The van der Waals surface area contributed by atoms with Crippen LogP contribution >= 0.6 is 0 Å². The SMILES string of the molecule is CCNc1cc2oc3cc(=[N+](CC)CC)c(C)cc-3c(-c3ccccc3C(=O)O)c2cc1C.[O-][Cl+3]([O-])([O-])[O-]. The topological polar surface area (TPSA) is 158 Å². The minimum atomic E-state index is -4.94. The van der Waals surface area contributed by atoms with Crippen molar-refractivity contribution in [2.24, 2.45) is 0 Å². The van der Waals surface area contributed by atoms with Crippen molar-refractivity contribution in [3.8, 4) is 22.5 Å². The molecule has 4 rings (SSSR count). The summed E-state index contributed by atoms with van der Waals surface area (Å²) in [6, 6.07) is 15.6. The summed E-state index contributed by atoms with van der Waals surface area (Å²) in [5, 5.41) is 15.4. The van der Waals surface area contributed by atoms with Crippen molar-refractivity contribution in [1.82, 2.24) is 4.58 Å². The minimum Gasteiger partial charge on any atom is -0.478 e. The molecular weight excluding hydrogens is 512 g/mol. The van der Waals surface area contributed by atoms with Gasteiger partial charge in [-0.15, -0.1) is 10.2 Å². The number of fused-ring (bicyclic) bond motifs is 2. The Kier molecular flexibility index (Phi) is 9.14. The first-order valence-electron chi connectivity index (χ1n) is 12.2. The number of aryl methyl sites for hydroxylation is 2. The monoisotopic (exact) mass is 542 g/mol. The van der Waals surface area contributed by atoms with Gasteiger partial charge in [0.25, 0.3) is 0 Å². The number of anilines is 1. The van der Waals surface area contributed by atoms with Gasteiger partial charge in [0, 0.05) is 40.4 Å². The van der Waals surface area contributed by atoms with E-state index in [4.69, 9.17) is 23.1 Å². The third kappa shape index (κ3) is 6.50. The molecule has 0 aromatic heterocycles. The number of nitrogens with one attached hydrogen (secondary N) is 1. The summed E-state index contributed by atoms with van der Waals surface area (Å²) in [4.78, 5) is 12.1. The van der Waals surface area contributed by atoms with Crippen molar-refractivity contribution in [2.75, 3.05) is 25.0 Å². The fourth-order valence-corrected chi connectivity index (χ4v) is 4.65. The number of benzene rings is 3. The van der Waals surface area contributed by atoms with Crippen LogP contribution in [0.3, 0.4) is 0 Å². The molecular formula is C28H31ClN2O7. The Morgan fingerprint density at radius 3 is 2.16 bits per heavy atom. The summed E-state index contributed by atoms with van der Waals surface area (Å²) < 4.78 is 42.7. The molecule has 0 radical (unpaired) electrons. The summed E-state index contributed by atoms with van der Waals surface area (Å²) >= 11 is 0. The van der Waals surface area contributed by atoms with Crippen LogP contribution < -0.4 is 33.9 Å². The standard InChI is InChI=1S/C28H30N2O3.ClHO4/c1-6-29-23-15-25-21(13-17(23)4)27(19-11-9-10-12-20(19)28(31)32)22-14-18(5)24(16-26(22)33-25)30(7-2)8-3;2-1(3,4)5/h9-16H,6-8H2,1-5H3,(H,31,32);(H,2,3,4,5). The first-order chi connectivity index (χ1) is 17.9. The van der Waals surface area contributed by atoms with Gasteiger partial charge in [0.1, 0.15) is 24.4 Å². The molecule has 10 heteroatoms. The third-order valence-corrected chi connectivity index (χ3v) is 6.28. The average Bonchev–Trinajstić information content (AvgIpc) is 2.84. The number of rotatable bonds is 6. The van der Waals surface area contributed by atoms with E-state index in [0.717, 1.165) is 69.7 Å². The van der Waals surface area contributed by atoms with E-state index >= 15 is 0 Å². The molecule has 0 atom stereocenters. The molecule has 1 aliphatic carbocycles. The smallest absolute Gasteiger partial charge is 0.336 e. The lowest BCUT2D eigenvalue weighted by atomic mass is 9.89. The van der Waals surface area contributed by atoms with E-state index in [1.807, 2.05) is 18.2 Å². The molecule has 0 spiro atoms. The molecule has 2 N–H and O–H groups in total. The Labute approximate surface area is 223 Å². The molecule has 0 saturated carbocycles. The summed E-state index contributed by atoms with van der Waals surface area (Å²) in [6.07, 6.45) is 0. The molecule has 1 aliphatic heterocycles. The molecule has 0 bridgehead atoms. The molecule has 2 aliphatic rings. The Bertz CT molecular complexity index is 1490. The van der Waals surface area contributed by atoms with Crippen molar-refractivity contribution in [3.05, 3.63) is 70.6 Å². The van der Waals surface area contributed by atoms with E-state index in [1.54, 1.807) is 12.1 Å². The number of carbonyl (C=O) groups is 1. The van der Waals surface area contributed by atoms with Crippen LogP contribution in [0.4, 0.5) is 5.69 Å². The summed E-state index contributed by atoms with van der Waals surface area (Å²) in [6.45, 7) is 13.1. The van der Waals surface area contributed by atoms with E-state index in [2.05, 4.69) is 62.7 Å². The molecule has 0 unspecified atom stereocenters. The highest BCUT2D eigenvalue weighted by atomic mass is 35.7. The number of aromatic carboxylic acids is 1. The average molecular weight is 543 g/mol. The maximum Gasteiger partial charge on any atom is 0.336 e. The van der Waals surface area contributed by atoms with Gasteiger partial charge in [0.15, 0.2) is 0 Å². The van der Waals surface area contributed by atoms with Crippen LogP contribution in [0.1, 0.15) is 42.3 Å². The van der Waals surface area contributed by atoms with Crippen molar-refractivity contribution in [1.29, 1.82) is 0 Å². The highest BCUT2D eigenvalue weighted by Gasteiger charge is 2.23. The third-order valence-electron chi connectivity index (χ3n) is 6.28. The van der Waals surface area contributed by atoms with Crippen molar-refractivity contribution in [3.63, 3.8) is 0 Å². The second-order valence-corrected chi connectivity index (χ2v) is 9.46. The zero-order valence-electron chi connectivity index (χ0n) is 22.0. The summed E-state index contributed by atoms with van der Waals surface area (Å²) in [5.41, 5.74) is 6.76. The number of carboxylic acids is 1. The van der Waals surface area contributed by atoms with Crippen molar-refractivity contribution in [2.45, 2.75) is 34.6 Å².